The highest BCUT2D eigenvalue weighted by atomic mass is 16.2. The number of hydrogen-bond donors (Lipinski definition) is 2. The second-order valence-electron chi connectivity index (χ2n) is 7.10. The van der Waals surface area contributed by atoms with Gasteiger partial charge in [0, 0.05) is 16.9 Å². The van der Waals surface area contributed by atoms with E-state index in [0.717, 1.165) is 22.2 Å². The highest BCUT2D eigenvalue weighted by molar-refractivity contribution is 6.14. The zero-order valence-corrected chi connectivity index (χ0v) is 16.0. The van der Waals surface area contributed by atoms with E-state index in [1.807, 2.05) is 68.4 Å². The molecule has 0 radical (unpaired) electrons. The number of benzene rings is 2. The van der Waals surface area contributed by atoms with Gasteiger partial charge >= 0.3 is 0 Å². The van der Waals surface area contributed by atoms with Crippen molar-refractivity contribution < 1.29 is 9.59 Å². The topological polar surface area (TPSA) is 65.2 Å². The molecule has 0 aliphatic heterocycles. The summed E-state index contributed by atoms with van der Waals surface area (Å²) in [6.07, 6.45) is 0. The molecule has 0 spiro atoms. The Morgan fingerprint density at radius 3 is 2.37 bits per heavy atom. The maximum Gasteiger partial charge on any atom is 0.234 e. The summed E-state index contributed by atoms with van der Waals surface area (Å²) in [4.78, 5) is 30.2. The minimum Gasteiger partial charge on any atom is -0.354 e. The Bertz CT molecular complexity index is 945. The third-order valence-electron chi connectivity index (χ3n) is 4.32. The van der Waals surface area contributed by atoms with E-state index in [4.69, 9.17) is 0 Å². The van der Waals surface area contributed by atoms with Crippen molar-refractivity contribution in [1.29, 1.82) is 0 Å². The van der Waals surface area contributed by atoms with Crippen molar-refractivity contribution in [2.75, 3.05) is 20.1 Å². The van der Waals surface area contributed by atoms with Gasteiger partial charge in [0.05, 0.1) is 24.3 Å². The quantitative estimate of drug-likeness (QED) is 0.632. The number of para-hydroxylation sites is 1. The van der Waals surface area contributed by atoms with E-state index >= 15 is 0 Å². The first-order valence-corrected chi connectivity index (χ1v) is 9.13. The zero-order chi connectivity index (χ0) is 19.4. The van der Waals surface area contributed by atoms with Crippen molar-refractivity contribution in [1.82, 2.24) is 15.2 Å². The van der Waals surface area contributed by atoms with Gasteiger partial charge in [0.15, 0.2) is 5.78 Å². The third-order valence-corrected chi connectivity index (χ3v) is 4.32. The lowest BCUT2D eigenvalue weighted by Crippen LogP contribution is -2.40. The van der Waals surface area contributed by atoms with E-state index in [1.54, 1.807) is 11.9 Å². The predicted octanol–water partition coefficient (Wildman–Crippen LogP) is 3.47. The number of carbonyl (C=O) groups excluding carboxylic acids is 2. The zero-order valence-electron chi connectivity index (χ0n) is 16.0. The molecule has 0 unspecified atom stereocenters. The maximum absolute atomic E-state index is 13.1. The Morgan fingerprint density at radius 1 is 1.00 bits per heavy atom. The first-order chi connectivity index (χ1) is 13.0. The SMILES string of the molecule is CC(C)NC(=O)CN(C)CC(=O)c1c(-c2ccccc2)[nH]c2ccccc12. The molecule has 140 valence electrons. The average Bonchev–Trinajstić information content (AvgIpc) is 3.01. The van der Waals surface area contributed by atoms with E-state index in [2.05, 4.69) is 10.3 Å². The maximum atomic E-state index is 13.1. The molecule has 3 aromatic rings. The van der Waals surface area contributed by atoms with Crippen molar-refractivity contribution in [3.63, 3.8) is 0 Å². The van der Waals surface area contributed by atoms with Gasteiger partial charge in [-0.25, -0.2) is 0 Å². The molecule has 0 fully saturated rings. The lowest BCUT2D eigenvalue weighted by Gasteiger charge is -2.17. The van der Waals surface area contributed by atoms with Crippen LogP contribution in [0.3, 0.4) is 0 Å². The van der Waals surface area contributed by atoms with E-state index < -0.39 is 0 Å². The van der Waals surface area contributed by atoms with Crippen molar-refractivity contribution in [3.8, 4) is 11.3 Å². The van der Waals surface area contributed by atoms with Gasteiger partial charge in [0.2, 0.25) is 5.91 Å². The molecule has 0 aliphatic carbocycles. The number of aromatic amines is 1. The molecular weight excluding hydrogens is 338 g/mol. The number of hydrogen-bond acceptors (Lipinski definition) is 3. The Balaban J connectivity index is 1.89. The summed E-state index contributed by atoms with van der Waals surface area (Å²) in [5.74, 6) is -0.0892. The number of H-pyrrole nitrogens is 1. The molecule has 0 saturated heterocycles. The second-order valence-corrected chi connectivity index (χ2v) is 7.10. The van der Waals surface area contributed by atoms with Crippen LogP contribution in [0.4, 0.5) is 0 Å². The molecule has 2 aromatic carbocycles. The van der Waals surface area contributed by atoms with E-state index in [-0.39, 0.29) is 30.8 Å². The fourth-order valence-electron chi connectivity index (χ4n) is 3.25. The van der Waals surface area contributed by atoms with Gasteiger partial charge in [-0.05, 0) is 32.5 Å². The van der Waals surface area contributed by atoms with Crippen LogP contribution in [-0.2, 0) is 4.79 Å². The molecule has 5 heteroatoms. The predicted molar refractivity (Wildman–Crippen MR) is 109 cm³/mol. The van der Waals surface area contributed by atoms with E-state index in [9.17, 15) is 9.59 Å². The third kappa shape index (κ3) is 4.44. The fourth-order valence-corrected chi connectivity index (χ4v) is 3.25. The summed E-state index contributed by atoms with van der Waals surface area (Å²) in [5.41, 5.74) is 3.40. The Morgan fingerprint density at radius 2 is 1.67 bits per heavy atom. The van der Waals surface area contributed by atoms with Crippen molar-refractivity contribution >= 4 is 22.6 Å². The highest BCUT2D eigenvalue weighted by Crippen LogP contribution is 2.30. The van der Waals surface area contributed by atoms with Crippen LogP contribution < -0.4 is 5.32 Å². The smallest absolute Gasteiger partial charge is 0.234 e. The van der Waals surface area contributed by atoms with E-state index in [0.29, 0.717) is 5.56 Å². The summed E-state index contributed by atoms with van der Waals surface area (Å²) in [6, 6.07) is 17.7. The molecule has 2 N–H and O–H groups in total. The average molecular weight is 363 g/mol. The van der Waals surface area contributed by atoms with Gasteiger partial charge in [-0.15, -0.1) is 0 Å². The van der Waals surface area contributed by atoms with Crippen LogP contribution in [0.25, 0.3) is 22.2 Å². The second kappa shape index (κ2) is 8.18. The van der Waals surface area contributed by atoms with E-state index in [1.165, 1.54) is 0 Å². The number of likely N-dealkylation sites (N-methyl/N-ethyl adjacent to an activating group) is 1. The van der Waals surface area contributed by atoms with Crippen LogP contribution in [0.5, 0.6) is 0 Å². The molecule has 0 aliphatic rings. The summed E-state index contributed by atoms with van der Waals surface area (Å²) < 4.78 is 0. The summed E-state index contributed by atoms with van der Waals surface area (Å²) in [5, 5.41) is 3.75. The number of rotatable bonds is 7. The number of Topliss-reactive ketones (excluding diaryl/α,β-unsaturated/α-hetero) is 1. The van der Waals surface area contributed by atoms with Crippen LogP contribution in [0.2, 0.25) is 0 Å². The van der Waals surface area contributed by atoms with Crippen LogP contribution >= 0.6 is 0 Å². The normalized spacial score (nSPS) is 11.3. The number of fused-ring (bicyclic) bond motifs is 1. The summed E-state index contributed by atoms with van der Waals surface area (Å²) in [7, 11) is 1.79. The van der Waals surface area contributed by atoms with Crippen LogP contribution in [0.1, 0.15) is 24.2 Å². The van der Waals surface area contributed by atoms with Crippen molar-refractivity contribution in [2.45, 2.75) is 19.9 Å². The first kappa shape index (κ1) is 18.9. The molecular formula is C22H25N3O2. The minimum atomic E-state index is -0.0810. The highest BCUT2D eigenvalue weighted by Gasteiger charge is 2.21. The number of carbonyl (C=O) groups is 2. The van der Waals surface area contributed by atoms with Crippen LogP contribution in [-0.4, -0.2) is 47.8 Å². The molecule has 0 atom stereocenters. The monoisotopic (exact) mass is 363 g/mol. The molecule has 1 heterocycles. The Kier molecular flexibility index (Phi) is 5.72. The van der Waals surface area contributed by atoms with Gasteiger partial charge in [-0.1, -0.05) is 48.5 Å². The number of ketones is 1. The van der Waals surface area contributed by atoms with Crippen molar-refractivity contribution in [3.05, 3.63) is 60.2 Å². The largest absolute Gasteiger partial charge is 0.354 e. The van der Waals surface area contributed by atoms with Crippen LogP contribution in [0, 0.1) is 0 Å². The van der Waals surface area contributed by atoms with Crippen LogP contribution in [0.15, 0.2) is 54.6 Å². The number of amides is 1. The Labute approximate surface area is 159 Å². The summed E-state index contributed by atoms with van der Waals surface area (Å²) in [6.45, 7) is 4.20. The Hall–Kier alpha value is -2.92. The molecule has 3 rings (SSSR count). The van der Waals surface area contributed by atoms with Gasteiger partial charge < -0.3 is 10.3 Å². The first-order valence-electron chi connectivity index (χ1n) is 9.13. The molecule has 0 bridgehead atoms. The molecule has 27 heavy (non-hydrogen) atoms. The molecule has 1 aromatic heterocycles. The van der Waals surface area contributed by atoms with Crippen molar-refractivity contribution in [2.24, 2.45) is 0 Å². The lowest BCUT2D eigenvalue weighted by molar-refractivity contribution is -0.122. The number of nitrogens with one attached hydrogen (secondary N) is 2. The lowest BCUT2D eigenvalue weighted by atomic mass is 10.0. The minimum absolute atomic E-state index is 0.00819. The van der Waals surface area contributed by atoms with Gasteiger partial charge in [0.25, 0.3) is 0 Å². The fraction of sp³-hybridized carbons (Fsp3) is 0.273. The molecule has 1 amide bonds. The summed E-state index contributed by atoms with van der Waals surface area (Å²) >= 11 is 0. The number of nitrogens with zero attached hydrogens (tertiary/aromatic N) is 1. The molecule has 0 saturated carbocycles. The molecule has 5 nitrogen and oxygen atoms in total. The standard InChI is InChI=1S/C22H25N3O2/c1-15(2)23-20(27)14-25(3)13-19(26)21-17-11-7-8-12-18(17)24-22(21)16-9-5-4-6-10-16/h4-12,15,24H,13-14H2,1-3H3,(H,23,27). The van der Waals surface area contributed by atoms with Gasteiger partial charge in [0.1, 0.15) is 0 Å². The number of aromatic nitrogens is 1. The van der Waals surface area contributed by atoms with Gasteiger partial charge in [-0.3, -0.25) is 14.5 Å². The van der Waals surface area contributed by atoms with Gasteiger partial charge in [-0.2, -0.15) is 0 Å².